The number of hydrogen-bond donors (Lipinski definition) is 0. The third-order valence-corrected chi connectivity index (χ3v) is 5.30. The lowest BCUT2D eigenvalue weighted by Crippen LogP contribution is -2.17. The summed E-state index contributed by atoms with van der Waals surface area (Å²) < 4.78 is 0. The maximum absolute atomic E-state index is 11.0. The van der Waals surface area contributed by atoms with Gasteiger partial charge in [0.15, 0.2) is 0 Å². The van der Waals surface area contributed by atoms with E-state index in [1.807, 2.05) is 38.2 Å². The average molecular weight is 406 g/mol. The Labute approximate surface area is 179 Å². The number of carbonyl (C=O) groups is 1. The van der Waals surface area contributed by atoms with Crippen molar-refractivity contribution in [2.24, 2.45) is 0 Å². The van der Waals surface area contributed by atoms with E-state index < -0.39 is 0 Å². The summed E-state index contributed by atoms with van der Waals surface area (Å²) >= 11 is 6.47. The molecule has 0 amide bonds. The first-order chi connectivity index (χ1) is 13.9. The van der Waals surface area contributed by atoms with Crippen molar-refractivity contribution in [3.8, 4) is 0 Å². The van der Waals surface area contributed by atoms with Gasteiger partial charge in [-0.15, -0.1) is 0 Å². The lowest BCUT2D eigenvalue weighted by Gasteiger charge is -2.22. The van der Waals surface area contributed by atoms with Crippen LogP contribution in [-0.2, 0) is 4.79 Å². The molecule has 0 radical (unpaired) electrons. The molecule has 0 unspecified atom stereocenters. The topological polar surface area (TPSA) is 20.3 Å². The predicted octanol–water partition coefficient (Wildman–Crippen LogP) is 6.98. The van der Waals surface area contributed by atoms with Crippen molar-refractivity contribution in [2.45, 2.75) is 20.8 Å². The van der Waals surface area contributed by atoms with Crippen LogP contribution in [-0.4, -0.2) is 19.9 Å². The molecule has 2 rings (SSSR count). The van der Waals surface area contributed by atoms with Crippen molar-refractivity contribution >= 4 is 39.8 Å². The Kier molecular flexibility index (Phi) is 8.23. The van der Waals surface area contributed by atoms with Gasteiger partial charge in [0.05, 0.1) is 5.03 Å². The highest BCUT2D eigenvalue weighted by Gasteiger charge is 2.14. The smallest absolute Gasteiger partial charge is 0.144 e. The average Bonchev–Trinajstić information content (AvgIpc) is 2.76. The van der Waals surface area contributed by atoms with E-state index in [-0.39, 0.29) is 0 Å². The monoisotopic (exact) mass is 405 g/mol. The maximum atomic E-state index is 11.0. The Morgan fingerprint density at radius 2 is 1.79 bits per heavy atom. The van der Waals surface area contributed by atoms with E-state index in [0.29, 0.717) is 5.03 Å². The number of halogens is 1. The number of nitrogens with zero attached hydrogens (tertiary/aromatic N) is 1. The molecule has 0 aliphatic carbocycles. The Hall–Kier alpha value is -2.84. The number of rotatable bonds is 8. The molecule has 0 heterocycles. The lowest BCUT2D eigenvalue weighted by atomic mass is 9.92. The van der Waals surface area contributed by atoms with E-state index in [1.54, 1.807) is 0 Å². The summed E-state index contributed by atoms with van der Waals surface area (Å²) in [5, 5.41) is 0.429. The van der Waals surface area contributed by atoms with Crippen molar-refractivity contribution in [1.82, 2.24) is 0 Å². The standard InChI is InChI=1S/C26H28ClNO/c1-6-19(3)17-23(20(4)21-11-9-8-10-12-21)22-13-14-26(28(5)7-2)24(18-22)25(27)15-16-29/h6,8-18H,1,7H2,2-5H3/b19-17-,23-20-,25-15+. The van der Waals surface area contributed by atoms with Gasteiger partial charge in [-0.25, -0.2) is 0 Å². The minimum Gasteiger partial charge on any atom is -0.374 e. The van der Waals surface area contributed by atoms with Gasteiger partial charge in [-0.05, 0) is 61.3 Å². The summed E-state index contributed by atoms with van der Waals surface area (Å²) in [6.07, 6.45) is 6.09. The first-order valence-corrected chi connectivity index (χ1v) is 10.0. The fourth-order valence-electron chi connectivity index (χ4n) is 3.09. The third kappa shape index (κ3) is 5.58. The zero-order valence-corrected chi connectivity index (χ0v) is 18.3. The number of hydrogen-bond acceptors (Lipinski definition) is 2. The molecule has 0 saturated carbocycles. The number of anilines is 1. The summed E-state index contributed by atoms with van der Waals surface area (Å²) in [6, 6.07) is 16.5. The number of benzene rings is 2. The van der Waals surface area contributed by atoms with Crippen LogP contribution >= 0.6 is 11.6 Å². The fourth-order valence-corrected chi connectivity index (χ4v) is 3.29. The van der Waals surface area contributed by atoms with E-state index in [2.05, 4.69) is 61.7 Å². The van der Waals surface area contributed by atoms with Gasteiger partial charge in [0.25, 0.3) is 0 Å². The van der Waals surface area contributed by atoms with Gasteiger partial charge in [0.2, 0.25) is 0 Å². The molecule has 0 N–H and O–H groups in total. The quantitative estimate of drug-likeness (QED) is 0.204. The van der Waals surface area contributed by atoms with Crippen LogP contribution in [0.5, 0.6) is 0 Å². The van der Waals surface area contributed by atoms with Gasteiger partial charge in [-0.2, -0.15) is 0 Å². The molecule has 0 spiro atoms. The molecule has 0 saturated heterocycles. The Balaban J connectivity index is 2.78. The van der Waals surface area contributed by atoms with E-state index in [1.165, 1.54) is 6.08 Å². The summed E-state index contributed by atoms with van der Waals surface area (Å²) in [7, 11) is 2.01. The Morgan fingerprint density at radius 3 is 2.38 bits per heavy atom. The molecule has 0 aliphatic heterocycles. The van der Waals surface area contributed by atoms with E-state index in [4.69, 9.17) is 11.6 Å². The SMILES string of the molecule is C=C/C(C)=C\C(=C(/C)c1ccccc1)c1ccc(N(C)CC)c(/C(Cl)=C\C=O)c1. The van der Waals surface area contributed by atoms with Crippen molar-refractivity contribution in [3.63, 3.8) is 0 Å². The molecule has 29 heavy (non-hydrogen) atoms. The first-order valence-electron chi connectivity index (χ1n) is 9.66. The second kappa shape index (κ2) is 10.6. The summed E-state index contributed by atoms with van der Waals surface area (Å²) in [5.74, 6) is 0. The molecule has 0 aliphatic rings. The minimum atomic E-state index is 0.429. The summed E-state index contributed by atoms with van der Waals surface area (Å²) in [5.41, 5.74) is 7.33. The summed E-state index contributed by atoms with van der Waals surface area (Å²) in [4.78, 5) is 13.1. The highest BCUT2D eigenvalue weighted by Crippen LogP contribution is 2.35. The molecule has 2 nitrogen and oxygen atoms in total. The third-order valence-electron chi connectivity index (χ3n) is 4.97. The highest BCUT2D eigenvalue weighted by atomic mass is 35.5. The molecule has 3 heteroatoms. The van der Waals surface area contributed by atoms with Crippen molar-refractivity contribution < 1.29 is 4.79 Å². The van der Waals surface area contributed by atoms with Gasteiger partial charge < -0.3 is 4.90 Å². The molecule has 0 aromatic heterocycles. The van der Waals surface area contributed by atoms with Crippen LogP contribution in [0.25, 0.3) is 16.2 Å². The van der Waals surface area contributed by atoms with Crippen molar-refractivity contribution in [1.29, 1.82) is 0 Å². The second-order valence-corrected chi connectivity index (χ2v) is 7.30. The molecule has 2 aromatic rings. The van der Waals surface area contributed by atoms with E-state index in [0.717, 1.165) is 51.9 Å². The van der Waals surface area contributed by atoms with Crippen LogP contribution in [0.15, 0.2) is 78.9 Å². The lowest BCUT2D eigenvalue weighted by molar-refractivity contribution is -0.104. The summed E-state index contributed by atoms with van der Waals surface area (Å²) in [6.45, 7) is 11.0. The van der Waals surface area contributed by atoms with Crippen LogP contribution in [0, 0.1) is 0 Å². The van der Waals surface area contributed by atoms with Gasteiger partial charge in [0, 0.05) is 24.8 Å². The van der Waals surface area contributed by atoms with E-state index in [9.17, 15) is 4.79 Å². The molecule has 0 fully saturated rings. The van der Waals surface area contributed by atoms with Crippen LogP contribution < -0.4 is 4.90 Å². The predicted molar refractivity (Wildman–Crippen MR) is 128 cm³/mol. The number of carbonyl (C=O) groups excluding carboxylic acids is 1. The molecule has 150 valence electrons. The largest absolute Gasteiger partial charge is 0.374 e. The zero-order valence-electron chi connectivity index (χ0n) is 17.6. The Morgan fingerprint density at radius 1 is 1.10 bits per heavy atom. The zero-order chi connectivity index (χ0) is 21.4. The van der Waals surface area contributed by atoms with Crippen LogP contribution in [0.1, 0.15) is 37.5 Å². The minimum absolute atomic E-state index is 0.429. The first kappa shape index (κ1) is 22.4. The van der Waals surface area contributed by atoms with Gasteiger partial charge in [-0.3, -0.25) is 4.79 Å². The van der Waals surface area contributed by atoms with Crippen LogP contribution in [0.2, 0.25) is 0 Å². The van der Waals surface area contributed by atoms with Crippen LogP contribution in [0.3, 0.4) is 0 Å². The number of aldehydes is 1. The molecule has 0 bridgehead atoms. The Bertz CT molecular complexity index is 967. The van der Waals surface area contributed by atoms with Gasteiger partial charge in [-0.1, -0.05) is 72.3 Å². The van der Waals surface area contributed by atoms with Gasteiger partial charge >= 0.3 is 0 Å². The molecule has 0 atom stereocenters. The van der Waals surface area contributed by atoms with E-state index >= 15 is 0 Å². The molecular weight excluding hydrogens is 378 g/mol. The normalized spacial score (nSPS) is 13.0. The maximum Gasteiger partial charge on any atom is 0.144 e. The molecule has 2 aromatic carbocycles. The highest BCUT2D eigenvalue weighted by molar-refractivity contribution is 6.50. The second-order valence-electron chi connectivity index (χ2n) is 6.89. The van der Waals surface area contributed by atoms with Gasteiger partial charge in [0.1, 0.15) is 6.29 Å². The van der Waals surface area contributed by atoms with Crippen molar-refractivity contribution in [2.75, 3.05) is 18.5 Å². The fraction of sp³-hybridized carbons (Fsp3) is 0.192. The van der Waals surface area contributed by atoms with Crippen LogP contribution in [0.4, 0.5) is 5.69 Å². The molecular formula is C26H28ClNO. The number of allylic oxidation sites excluding steroid dienone is 6. The van der Waals surface area contributed by atoms with Crippen molar-refractivity contribution in [3.05, 3.63) is 95.6 Å².